The Morgan fingerprint density at radius 1 is 1.23 bits per heavy atom. The molecule has 1 amide bonds. The molecule has 182 valence electrons. The van der Waals surface area contributed by atoms with Crippen molar-refractivity contribution in [3.05, 3.63) is 59.0 Å². The molecule has 10 heteroatoms. The van der Waals surface area contributed by atoms with E-state index in [1.165, 1.54) is 12.3 Å². The number of halogens is 2. The van der Waals surface area contributed by atoms with Gasteiger partial charge in [-0.25, -0.2) is 9.37 Å². The molecule has 0 bridgehead atoms. The topological polar surface area (TPSA) is 97.4 Å². The largest absolute Gasteiger partial charge is 0.491 e. The van der Waals surface area contributed by atoms with Crippen LogP contribution in [-0.4, -0.2) is 35.7 Å². The molecule has 2 aliphatic heterocycles. The van der Waals surface area contributed by atoms with E-state index in [9.17, 15) is 9.18 Å². The third-order valence-corrected chi connectivity index (χ3v) is 6.23. The Morgan fingerprint density at radius 2 is 2.14 bits per heavy atom. The summed E-state index contributed by atoms with van der Waals surface area (Å²) < 4.78 is 26.0. The van der Waals surface area contributed by atoms with Crippen LogP contribution in [-0.2, 0) is 16.0 Å². The van der Waals surface area contributed by atoms with Crippen LogP contribution in [0.15, 0.2) is 42.6 Å². The number of fused-ring (bicyclic) bond motifs is 1. The standard InChI is InChI=1S/C25H25ClFN5O3/c26-18-12-28-25(29-17-8-7-16-3-1-6-22(33)30-20(16)11-17)32-24(18)31-23-19(27)4-2-5-21(23)35-14-15-9-10-34-13-15/h2,4-5,7-8,11-12,15H,1,3,6,9-10,13-14H2,(H,30,33)(H2,28,29,31,32). The van der Waals surface area contributed by atoms with Crippen molar-refractivity contribution in [1.82, 2.24) is 9.97 Å². The van der Waals surface area contributed by atoms with E-state index in [0.29, 0.717) is 37.7 Å². The molecule has 3 heterocycles. The van der Waals surface area contributed by atoms with E-state index >= 15 is 0 Å². The molecule has 1 atom stereocenters. The summed E-state index contributed by atoms with van der Waals surface area (Å²) in [6, 6.07) is 10.3. The second-order valence-corrected chi connectivity index (χ2v) is 8.97. The van der Waals surface area contributed by atoms with Gasteiger partial charge in [-0.15, -0.1) is 0 Å². The van der Waals surface area contributed by atoms with E-state index < -0.39 is 5.82 Å². The lowest BCUT2D eigenvalue weighted by molar-refractivity contribution is -0.116. The zero-order valence-electron chi connectivity index (χ0n) is 18.9. The molecule has 0 aliphatic carbocycles. The average Bonchev–Trinajstić information content (AvgIpc) is 3.29. The SMILES string of the molecule is O=C1CCCc2ccc(Nc3ncc(Cl)c(Nc4c(F)cccc4OCC4CCOC4)n3)cc2N1. The molecule has 8 nitrogen and oxygen atoms in total. The monoisotopic (exact) mass is 497 g/mol. The predicted molar refractivity (Wildman–Crippen MR) is 132 cm³/mol. The highest BCUT2D eigenvalue weighted by molar-refractivity contribution is 6.33. The predicted octanol–water partition coefficient (Wildman–Crippen LogP) is 5.45. The first-order valence-electron chi connectivity index (χ1n) is 11.5. The summed E-state index contributed by atoms with van der Waals surface area (Å²) in [5.41, 5.74) is 2.70. The van der Waals surface area contributed by atoms with Gasteiger partial charge in [-0.2, -0.15) is 4.98 Å². The first kappa shape index (κ1) is 23.3. The van der Waals surface area contributed by atoms with E-state index in [-0.39, 0.29) is 34.3 Å². The summed E-state index contributed by atoms with van der Waals surface area (Å²) in [4.78, 5) is 20.6. The van der Waals surface area contributed by atoms with Crippen molar-refractivity contribution in [2.24, 2.45) is 5.92 Å². The number of benzene rings is 2. The van der Waals surface area contributed by atoms with Crippen LogP contribution < -0.4 is 20.7 Å². The molecule has 1 fully saturated rings. The summed E-state index contributed by atoms with van der Waals surface area (Å²) in [5, 5.41) is 9.24. The van der Waals surface area contributed by atoms with Crippen LogP contribution in [0.5, 0.6) is 5.75 Å². The van der Waals surface area contributed by atoms with Crippen molar-refractivity contribution in [1.29, 1.82) is 0 Å². The fraction of sp³-hybridized carbons (Fsp3) is 0.320. The zero-order chi connectivity index (χ0) is 24.2. The molecule has 3 aromatic rings. The Hall–Kier alpha value is -3.43. The van der Waals surface area contributed by atoms with Crippen LogP contribution >= 0.6 is 11.6 Å². The lowest BCUT2D eigenvalue weighted by atomic mass is 10.1. The Balaban J connectivity index is 1.35. The second-order valence-electron chi connectivity index (χ2n) is 8.57. The van der Waals surface area contributed by atoms with Gasteiger partial charge in [-0.3, -0.25) is 4.79 Å². The number of rotatable bonds is 7. The number of aromatic nitrogens is 2. The van der Waals surface area contributed by atoms with Crippen molar-refractivity contribution in [3.63, 3.8) is 0 Å². The van der Waals surface area contributed by atoms with Gasteiger partial charge in [0.1, 0.15) is 16.5 Å². The summed E-state index contributed by atoms with van der Waals surface area (Å²) in [5.74, 6) is 0.636. The van der Waals surface area contributed by atoms with Crippen LogP contribution in [0, 0.1) is 11.7 Å². The smallest absolute Gasteiger partial charge is 0.229 e. The maximum atomic E-state index is 14.7. The van der Waals surface area contributed by atoms with Gasteiger partial charge in [-0.1, -0.05) is 23.7 Å². The fourth-order valence-electron chi connectivity index (χ4n) is 4.07. The van der Waals surface area contributed by atoms with Crippen LogP contribution in [0.25, 0.3) is 0 Å². The highest BCUT2D eigenvalue weighted by Crippen LogP contribution is 2.34. The first-order chi connectivity index (χ1) is 17.0. The van der Waals surface area contributed by atoms with Gasteiger partial charge in [0.05, 0.1) is 19.4 Å². The van der Waals surface area contributed by atoms with Crippen molar-refractivity contribution >= 4 is 46.3 Å². The molecule has 0 spiro atoms. The highest BCUT2D eigenvalue weighted by Gasteiger charge is 2.19. The molecule has 0 saturated carbocycles. The quantitative estimate of drug-likeness (QED) is 0.399. The lowest BCUT2D eigenvalue weighted by Crippen LogP contribution is -2.13. The molecule has 1 aromatic heterocycles. The summed E-state index contributed by atoms with van der Waals surface area (Å²) in [6.07, 6.45) is 4.50. The Kier molecular flexibility index (Phi) is 6.96. The zero-order valence-corrected chi connectivity index (χ0v) is 19.7. The van der Waals surface area contributed by atoms with Gasteiger partial charge < -0.3 is 25.4 Å². The summed E-state index contributed by atoms with van der Waals surface area (Å²) in [7, 11) is 0. The van der Waals surface area contributed by atoms with Crippen molar-refractivity contribution in [2.75, 3.05) is 35.8 Å². The molecular weight excluding hydrogens is 473 g/mol. The number of hydrogen-bond donors (Lipinski definition) is 3. The minimum absolute atomic E-state index is 0.00139. The van der Waals surface area contributed by atoms with Crippen LogP contribution in [0.3, 0.4) is 0 Å². The third-order valence-electron chi connectivity index (χ3n) is 5.95. The third kappa shape index (κ3) is 5.63. The highest BCUT2D eigenvalue weighted by atomic mass is 35.5. The Bertz CT molecular complexity index is 1240. The molecule has 5 rings (SSSR count). The Labute approximate surface area is 207 Å². The normalized spacial score (nSPS) is 17.3. The molecular formula is C25H25ClFN5O3. The Morgan fingerprint density at radius 3 is 3.00 bits per heavy atom. The molecule has 1 saturated heterocycles. The van der Waals surface area contributed by atoms with Gasteiger partial charge >= 0.3 is 0 Å². The number of carbonyl (C=O) groups is 1. The maximum Gasteiger partial charge on any atom is 0.229 e. The number of hydrogen-bond acceptors (Lipinski definition) is 7. The number of nitrogens with one attached hydrogen (secondary N) is 3. The molecule has 3 N–H and O–H groups in total. The van der Waals surface area contributed by atoms with Crippen molar-refractivity contribution in [3.8, 4) is 5.75 Å². The van der Waals surface area contributed by atoms with Crippen LogP contribution in [0.1, 0.15) is 24.8 Å². The maximum absolute atomic E-state index is 14.7. The number of nitrogens with zero attached hydrogens (tertiary/aromatic N) is 2. The molecule has 1 unspecified atom stereocenters. The van der Waals surface area contributed by atoms with Crippen molar-refractivity contribution < 1.29 is 18.7 Å². The van der Waals surface area contributed by atoms with Gasteiger partial charge in [0, 0.05) is 30.3 Å². The number of ether oxygens (including phenoxy) is 2. The van der Waals surface area contributed by atoms with Gasteiger partial charge in [0.2, 0.25) is 11.9 Å². The summed E-state index contributed by atoms with van der Waals surface area (Å²) >= 11 is 6.32. The van der Waals surface area contributed by atoms with E-state index in [1.54, 1.807) is 12.1 Å². The number of carbonyl (C=O) groups excluding carboxylic acids is 1. The second kappa shape index (κ2) is 10.5. The number of amides is 1. The lowest BCUT2D eigenvalue weighted by Gasteiger charge is -2.16. The molecule has 2 aliphatic rings. The van der Waals surface area contributed by atoms with Crippen molar-refractivity contribution in [2.45, 2.75) is 25.7 Å². The van der Waals surface area contributed by atoms with E-state index in [0.717, 1.165) is 30.5 Å². The van der Waals surface area contributed by atoms with E-state index in [1.807, 2.05) is 18.2 Å². The number of anilines is 5. The minimum atomic E-state index is -0.490. The number of aryl methyl sites for hydroxylation is 1. The van der Waals surface area contributed by atoms with Crippen LogP contribution in [0.2, 0.25) is 5.02 Å². The average molecular weight is 498 g/mol. The molecule has 0 radical (unpaired) electrons. The van der Waals surface area contributed by atoms with Gasteiger partial charge in [0.25, 0.3) is 0 Å². The van der Waals surface area contributed by atoms with E-state index in [4.69, 9.17) is 21.1 Å². The fourth-order valence-corrected chi connectivity index (χ4v) is 4.21. The summed E-state index contributed by atoms with van der Waals surface area (Å²) in [6.45, 7) is 1.78. The first-order valence-corrected chi connectivity index (χ1v) is 11.9. The van der Waals surface area contributed by atoms with Crippen LogP contribution in [0.4, 0.5) is 33.2 Å². The number of para-hydroxylation sites is 1. The molecule has 35 heavy (non-hydrogen) atoms. The van der Waals surface area contributed by atoms with Gasteiger partial charge in [0.15, 0.2) is 11.6 Å². The molecule has 2 aromatic carbocycles. The minimum Gasteiger partial charge on any atom is -0.491 e. The van der Waals surface area contributed by atoms with E-state index in [2.05, 4.69) is 25.9 Å². The van der Waals surface area contributed by atoms with Gasteiger partial charge in [-0.05, 0) is 49.1 Å².